The lowest BCUT2D eigenvalue weighted by molar-refractivity contribution is 0.0676. The van der Waals surface area contributed by atoms with Gasteiger partial charge in [-0.1, -0.05) is 24.3 Å². The fraction of sp³-hybridized carbons (Fsp3) is 0.474. The van der Waals surface area contributed by atoms with Gasteiger partial charge in [0.2, 0.25) is 0 Å². The SMILES string of the molecule is Cc1ccccc1-c1nc(C(=O)N(C)C2CC3CCC(C2)N3)cs1.Cl. The number of nitrogens with one attached hydrogen (secondary N) is 1. The van der Waals surface area contributed by atoms with E-state index in [9.17, 15) is 4.79 Å². The van der Waals surface area contributed by atoms with Gasteiger partial charge in [0.15, 0.2) is 0 Å². The van der Waals surface area contributed by atoms with Gasteiger partial charge in [0.25, 0.3) is 5.91 Å². The molecule has 0 saturated carbocycles. The Hall–Kier alpha value is -1.43. The summed E-state index contributed by atoms with van der Waals surface area (Å²) in [5.41, 5.74) is 2.88. The van der Waals surface area contributed by atoms with Crippen LogP contribution in [0.1, 0.15) is 41.7 Å². The molecule has 2 atom stereocenters. The van der Waals surface area contributed by atoms with E-state index < -0.39 is 0 Å². The number of hydrogen-bond acceptors (Lipinski definition) is 4. The highest BCUT2D eigenvalue weighted by Gasteiger charge is 2.36. The van der Waals surface area contributed by atoms with Crippen molar-refractivity contribution in [1.82, 2.24) is 15.2 Å². The van der Waals surface area contributed by atoms with E-state index >= 15 is 0 Å². The number of carbonyl (C=O) groups is 1. The summed E-state index contributed by atoms with van der Waals surface area (Å²) in [6.07, 6.45) is 4.62. The minimum atomic E-state index is 0. The van der Waals surface area contributed by atoms with Crippen LogP contribution < -0.4 is 5.32 Å². The van der Waals surface area contributed by atoms with Gasteiger partial charge in [-0.2, -0.15) is 0 Å². The van der Waals surface area contributed by atoms with E-state index in [1.807, 2.05) is 29.5 Å². The fourth-order valence-corrected chi connectivity index (χ4v) is 4.88. The Bertz CT molecular complexity index is 751. The maximum atomic E-state index is 12.9. The Morgan fingerprint density at radius 2 is 1.92 bits per heavy atom. The number of piperidine rings is 1. The summed E-state index contributed by atoms with van der Waals surface area (Å²) in [6.45, 7) is 2.08. The highest BCUT2D eigenvalue weighted by atomic mass is 35.5. The van der Waals surface area contributed by atoms with Gasteiger partial charge in [-0.05, 0) is 38.2 Å². The highest BCUT2D eigenvalue weighted by Crippen LogP contribution is 2.31. The first-order valence-electron chi connectivity index (χ1n) is 8.66. The first-order chi connectivity index (χ1) is 11.6. The molecule has 4 nitrogen and oxygen atoms in total. The van der Waals surface area contributed by atoms with Crippen LogP contribution in [0.25, 0.3) is 10.6 Å². The molecule has 0 radical (unpaired) electrons. The molecule has 2 unspecified atom stereocenters. The summed E-state index contributed by atoms with van der Waals surface area (Å²) in [5.74, 6) is 0.0531. The molecule has 2 bridgehead atoms. The number of hydrogen-bond donors (Lipinski definition) is 1. The number of amides is 1. The number of rotatable bonds is 3. The van der Waals surface area contributed by atoms with Gasteiger partial charge in [-0.25, -0.2) is 4.98 Å². The van der Waals surface area contributed by atoms with Crippen LogP contribution in [0.4, 0.5) is 0 Å². The average molecular weight is 378 g/mol. The zero-order valence-corrected chi connectivity index (χ0v) is 16.2. The quantitative estimate of drug-likeness (QED) is 0.882. The van der Waals surface area contributed by atoms with Crippen LogP contribution in [0.2, 0.25) is 0 Å². The van der Waals surface area contributed by atoms with Crippen molar-refractivity contribution in [3.63, 3.8) is 0 Å². The molecule has 6 heteroatoms. The lowest BCUT2D eigenvalue weighted by Crippen LogP contribution is -2.48. The molecular weight excluding hydrogens is 354 g/mol. The Morgan fingerprint density at radius 1 is 1.24 bits per heavy atom. The van der Waals surface area contributed by atoms with Crippen LogP contribution in [0.15, 0.2) is 29.6 Å². The summed E-state index contributed by atoms with van der Waals surface area (Å²) < 4.78 is 0. The normalized spacial score (nSPS) is 24.6. The summed E-state index contributed by atoms with van der Waals surface area (Å²) in [4.78, 5) is 19.4. The second-order valence-electron chi connectivity index (χ2n) is 7.03. The van der Waals surface area contributed by atoms with Gasteiger partial charge in [0, 0.05) is 36.1 Å². The van der Waals surface area contributed by atoms with Crippen LogP contribution in [-0.4, -0.2) is 41.0 Å². The predicted octanol–water partition coefficient (Wildman–Crippen LogP) is 3.90. The number of benzene rings is 1. The number of fused-ring (bicyclic) bond motifs is 2. The lowest BCUT2D eigenvalue weighted by Gasteiger charge is -2.35. The largest absolute Gasteiger partial charge is 0.337 e. The van der Waals surface area contributed by atoms with Gasteiger partial charge in [0.1, 0.15) is 10.7 Å². The Labute approximate surface area is 159 Å². The van der Waals surface area contributed by atoms with Gasteiger partial charge in [-0.15, -0.1) is 23.7 Å². The molecule has 1 amide bonds. The number of thiazole rings is 1. The standard InChI is InChI=1S/C19H23N3OS.ClH/c1-12-5-3-4-6-16(12)18-21-17(11-24-18)19(23)22(2)15-9-13-7-8-14(10-15)20-13;/h3-6,11,13-15,20H,7-10H2,1-2H3;1H. The molecule has 3 heterocycles. The van der Waals surface area contributed by atoms with Gasteiger partial charge in [0.05, 0.1) is 0 Å². The third-order valence-electron chi connectivity index (χ3n) is 5.42. The maximum Gasteiger partial charge on any atom is 0.273 e. The molecule has 2 saturated heterocycles. The summed E-state index contributed by atoms with van der Waals surface area (Å²) in [5, 5.41) is 6.46. The molecule has 1 aromatic carbocycles. The molecule has 2 fully saturated rings. The molecule has 0 aliphatic carbocycles. The van der Waals surface area contributed by atoms with Crippen molar-refractivity contribution in [2.24, 2.45) is 0 Å². The van der Waals surface area contributed by atoms with E-state index in [0.717, 1.165) is 23.4 Å². The van der Waals surface area contributed by atoms with E-state index in [4.69, 9.17) is 0 Å². The molecule has 2 aliphatic rings. The molecule has 25 heavy (non-hydrogen) atoms. The van der Waals surface area contributed by atoms with E-state index in [1.165, 1.54) is 18.4 Å². The topological polar surface area (TPSA) is 45.2 Å². The van der Waals surface area contributed by atoms with Crippen molar-refractivity contribution < 1.29 is 4.79 Å². The summed E-state index contributed by atoms with van der Waals surface area (Å²) in [7, 11) is 1.94. The molecule has 1 N–H and O–H groups in total. The second kappa shape index (κ2) is 7.44. The van der Waals surface area contributed by atoms with Crippen LogP contribution in [0.3, 0.4) is 0 Å². The molecule has 1 aromatic heterocycles. The number of aromatic nitrogens is 1. The summed E-state index contributed by atoms with van der Waals surface area (Å²) >= 11 is 1.55. The zero-order valence-electron chi connectivity index (χ0n) is 14.6. The third-order valence-corrected chi connectivity index (χ3v) is 6.29. The van der Waals surface area contributed by atoms with Gasteiger partial charge in [-0.3, -0.25) is 4.79 Å². The van der Waals surface area contributed by atoms with Crippen molar-refractivity contribution in [1.29, 1.82) is 0 Å². The van der Waals surface area contributed by atoms with Crippen molar-refractivity contribution >= 4 is 29.7 Å². The molecule has 2 aliphatic heterocycles. The van der Waals surface area contributed by atoms with Crippen molar-refractivity contribution in [2.45, 2.75) is 50.7 Å². The van der Waals surface area contributed by atoms with Gasteiger partial charge >= 0.3 is 0 Å². The van der Waals surface area contributed by atoms with E-state index in [-0.39, 0.29) is 18.3 Å². The number of halogens is 1. The maximum absolute atomic E-state index is 12.9. The molecule has 2 aromatic rings. The number of nitrogens with zero attached hydrogens (tertiary/aromatic N) is 2. The Balaban J connectivity index is 0.00000182. The average Bonchev–Trinajstić information content (AvgIpc) is 3.20. The molecular formula is C19H24ClN3OS. The fourth-order valence-electron chi connectivity index (χ4n) is 4.00. The van der Waals surface area contributed by atoms with Crippen molar-refractivity contribution in [3.05, 3.63) is 40.9 Å². The van der Waals surface area contributed by atoms with Crippen molar-refractivity contribution in [3.8, 4) is 10.6 Å². The number of carbonyl (C=O) groups excluding carboxylic acids is 1. The Morgan fingerprint density at radius 3 is 2.60 bits per heavy atom. The monoisotopic (exact) mass is 377 g/mol. The van der Waals surface area contributed by atoms with Crippen molar-refractivity contribution in [2.75, 3.05) is 7.05 Å². The molecule has 4 rings (SSSR count). The number of aryl methyl sites for hydroxylation is 1. The van der Waals surface area contributed by atoms with E-state index in [1.54, 1.807) is 11.3 Å². The summed E-state index contributed by atoms with van der Waals surface area (Å²) in [6, 6.07) is 9.69. The van der Waals surface area contributed by atoms with Crippen LogP contribution >= 0.6 is 23.7 Å². The van der Waals surface area contributed by atoms with Gasteiger partial charge < -0.3 is 10.2 Å². The van der Waals surface area contributed by atoms with Crippen LogP contribution in [0.5, 0.6) is 0 Å². The van der Waals surface area contributed by atoms with Crippen LogP contribution in [-0.2, 0) is 0 Å². The third kappa shape index (κ3) is 3.59. The minimum Gasteiger partial charge on any atom is -0.337 e. The van der Waals surface area contributed by atoms with E-state index in [0.29, 0.717) is 23.8 Å². The lowest BCUT2D eigenvalue weighted by atomic mass is 9.98. The first kappa shape index (κ1) is 18.4. The molecule has 0 spiro atoms. The molecule has 134 valence electrons. The highest BCUT2D eigenvalue weighted by molar-refractivity contribution is 7.13. The first-order valence-corrected chi connectivity index (χ1v) is 9.54. The second-order valence-corrected chi connectivity index (χ2v) is 7.89. The minimum absolute atomic E-state index is 0. The predicted molar refractivity (Wildman–Crippen MR) is 105 cm³/mol. The Kier molecular flexibility index (Phi) is 5.46. The zero-order chi connectivity index (χ0) is 16.7. The van der Waals surface area contributed by atoms with Crippen LogP contribution in [0, 0.1) is 6.92 Å². The van der Waals surface area contributed by atoms with E-state index in [2.05, 4.69) is 29.4 Å². The smallest absolute Gasteiger partial charge is 0.273 e.